The van der Waals surface area contributed by atoms with Crippen LogP contribution in [0.5, 0.6) is 5.75 Å². The van der Waals surface area contributed by atoms with Gasteiger partial charge in [0.2, 0.25) is 0 Å². The Morgan fingerprint density at radius 1 is 1.33 bits per heavy atom. The molecule has 2 rings (SSSR count). The minimum absolute atomic E-state index is 0.133. The van der Waals surface area contributed by atoms with Gasteiger partial charge in [0, 0.05) is 12.0 Å². The summed E-state index contributed by atoms with van der Waals surface area (Å²) in [7, 11) is 1.66. The number of alkyl halides is 1. The second kappa shape index (κ2) is 5.93. The topological polar surface area (TPSA) is 22.4 Å². The third-order valence-corrected chi connectivity index (χ3v) is 4.48. The molecule has 0 saturated heterocycles. The Morgan fingerprint density at radius 2 is 2.11 bits per heavy atom. The first-order chi connectivity index (χ1) is 8.67. The lowest BCUT2D eigenvalue weighted by Gasteiger charge is -2.12. The van der Waals surface area contributed by atoms with Crippen LogP contribution in [0.4, 0.5) is 0 Å². The highest BCUT2D eigenvalue weighted by Crippen LogP contribution is 2.37. The van der Waals surface area contributed by atoms with Gasteiger partial charge in [-0.15, -0.1) is 0 Å². The van der Waals surface area contributed by atoms with E-state index in [1.165, 1.54) is 11.1 Å². The zero-order valence-electron chi connectivity index (χ0n) is 10.2. The smallest absolute Gasteiger partial charge is 0.133 e. The number of methoxy groups -OCH3 is 1. The van der Waals surface area contributed by atoms with Crippen molar-refractivity contribution in [1.29, 1.82) is 0 Å². The number of hydrogen-bond donors (Lipinski definition) is 0. The Hall–Kier alpha value is -0.740. The van der Waals surface area contributed by atoms with Crippen molar-refractivity contribution in [2.75, 3.05) is 7.11 Å². The summed E-state index contributed by atoms with van der Waals surface area (Å²) in [5, 5.41) is 0. The molecule has 0 aliphatic carbocycles. The fourth-order valence-corrected chi connectivity index (χ4v) is 3.13. The third-order valence-electron chi connectivity index (χ3n) is 2.84. The summed E-state index contributed by atoms with van der Waals surface area (Å²) in [5.74, 6) is 1.85. The van der Waals surface area contributed by atoms with Crippen molar-refractivity contribution < 1.29 is 9.15 Å². The SMILES string of the molecule is CCc1occc1C(Br)c1ccc(OC)c(Br)c1. The maximum atomic E-state index is 5.47. The van der Waals surface area contributed by atoms with E-state index < -0.39 is 0 Å². The van der Waals surface area contributed by atoms with E-state index in [4.69, 9.17) is 9.15 Å². The number of furan rings is 1. The van der Waals surface area contributed by atoms with Crippen molar-refractivity contribution in [1.82, 2.24) is 0 Å². The predicted octanol–water partition coefficient (Wildman–Crippen LogP) is 5.10. The van der Waals surface area contributed by atoms with Gasteiger partial charge in [0.25, 0.3) is 0 Å². The van der Waals surface area contributed by atoms with Crippen LogP contribution in [-0.2, 0) is 6.42 Å². The minimum Gasteiger partial charge on any atom is -0.496 e. The van der Waals surface area contributed by atoms with Gasteiger partial charge in [-0.2, -0.15) is 0 Å². The minimum atomic E-state index is 0.133. The van der Waals surface area contributed by atoms with Gasteiger partial charge in [0.05, 0.1) is 22.7 Å². The van der Waals surface area contributed by atoms with Gasteiger partial charge in [-0.25, -0.2) is 0 Å². The first-order valence-electron chi connectivity index (χ1n) is 5.71. The van der Waals surface area contributed by atoms with E-state index in [0.717, 1.165) is 22.4 Å². The quantitative estimate of drug-likeness (QED) is 0.696. The molecule has 0 spiro atoms. The number of hydrogen-bond acceptors (Lipinski definition) is 2. The van der Waals surface area contributed by atoms with Gasteiger partial charge in [-0.1, -0.05) is 28.9 Å². The monoisotopic (exact) mass is 372 g/mol. The third kappa shape index (κ3) is 2.64. The van der Waals surface area contributed by atoms with Crippen molar-refractivity contribution >= 4 is 31.9 Å². The molecule has 0 aliphatic rings. The molecule has 0 fully saturated rings. The Bertz CT molecular complexity index is 534. The van der Waals surface area contributed by atoms with Gasteiger partial charge >= 0.3 is 0 Å². The molecule has 0 N–H and O–H groups in total. The fraction of sp³-hybridized carbons (Fsp3) is 0.286. The number of ether oxygens (including phenoxy) is 1. The molecule has 1 heterocycles. The van der Waals surface area contributed by atoms with Crippen LogP contribution in [-0.4, -0.2) is 7.11 Å². The van der Waals surface area contributed by atoms with Crippen molar-refractivity contribution in [3.05, 3.63) is 51.9 Å². The summed E-state index contributed by atoms with van der Waals surface area (Å²) >= 11 is 7.23. The highest BCUT2D eigenvalue weighted by molar-refractivity contribution is 9.10. The molecule has 1 atom stereocenters. The molecule has 0 bridgehead atoms. The average molecular weight is 374 g/mol. The molecule has 0 saturated carbocycles. The van der Waals surface area contributed by atoms with Gasteiger partial charge in [-0.3, -0.25) is 0 Å². The Labute approximate surface area is 124 Å². The summed E-state index contributed by atoms with van der Waals surface area (Å²) in [6, 6.07) is 8.08. The second-order valence-corrected chi connectivity index (χ2v) is 5.68. The molecular weight excluding hydrogens is 360 g/mol. The Morgan fingerprint density at radius 3 is 2.72 bits per heavy atom. The lowest BCUT2D eigenvalue weighted by atomic mass is 10.0. The van der Waals surface area contributed by atoms with Crippen LogP contribution in [0, 0.1) is 0 Å². The van der Waals surface area contributed by atoms with Crippen LogP contribution in [0.2, 0.25) is 0 Å². The first-order valence-corrected chi connectivity index (χ1v) is 7.42. The van der Waals surface area contributed by atoms with Crippen molar-refractivity contribution in [3.8, 4) is 5.75 Å². The summed E-state index contributed by atoms with van der Waals surface area (Å²) < 4.78 is 11.7. The summed E-state index contributed by atoms with van der Waals surface area (Å²) in [5.41, 5.74) is 2.34. The van der Waals surface area contributed by atoms with Crippen molar-refractivity contribution in [2.24, 2.45) is 0 Å². The summed E-state index contributed by atoms with van der Waals surface area (Å²) in [6.45, 7) is 2.09. The zero-order valence-corrected chi connectivity index (χ0v) is 13.4. The maximum absolute atomic E-state index is 5.47. The molecule has 18 heavy (non-hydrogen) atoms. The molecule has 96 valence electrons. The van der Waals surface area contributed by atoms with E-state index in [2.05, 4.69) is 50.9 Å². The normalized spacial score (nSPS) is 12.4. The van der Waals surface area contributed by atoms with E-state index in [1.807, 2.05) is 12.1 Å². The molecule has 1 aromatic heterocycles. The standard InChI is InChI=1S/C14H14Br2O2/c1-3-12-10(6-7-18-12)14(16)9-4-5-13(17-2)11(15)8-9/h4-8,14H,3H2,1-2H3. The maximum Gasteiger partial charge on any atom is 0.133 e. The largest absolute Gasteiger partial charge is 0.496 e. The molecule has 0 radical (unpaired) electrons. The summed E-state index contributed by atoms with van der Waals surface area (Å²) in [6.07, 6.45) is 2.63. The Balaban J connectivity index is 2.34. The van der Waals surface area contributed by atoms with E-state index in [-0.39, 0.29) is 4.83 Å². The van der Waals surface area contributed by atoms with Crippen molar-refractivity contribution in [3.63, 3.8) is 0 Å². The molecular formula is C14H14Br2O2. The van der Waals surface area contributed by atoms with Crippen molar-refractivity contribution in [2.45, 2.75) is 18.2 Å². The average Bonchev–Trinajstić information content (AvgIpc) is 2.86. The molecule has 0 amide bonds. The van der Waals surface area contributed by atoms with Gasteiger partial charge in [0.1, 0.15) is 11.5 Å². The number of aryl methyl sites for hydroxylation is 1. The number of rotatable bonds is 4. The van der Waals surface area contributed by atoms with Gasteiger partial charge in [0.15, 0.2) is 0 Å². The van der Waals surface area contributed by atoms with Crippen LogP contribution in [0.3, 0.4) is 0 Å². The highest BCUT2D eigenvalue weighted by atomic mass is 79.9. The van der Waals surface area contributed by atoms with Gasteiger partial charge in [-0.05, 0) is 39.7 Å². The van der Waals surface area contributed by atoms with E-state index >= 15 is 0 Å². The van der Waals surface area contributed by atoms with E-state index in [0.29, 0.717) is 0 Å². The van der Waals surface area contributed by atoms with Crippen LogP contribution in [0.25, 0.3) is 0 Å². The summed E-state index contributed by atoms with van der Waals surface area (Å²) in [4.78, 5) is 0.133. The second-order valence-electron chi connectivity index (χ2n) is 3.91. The fourth-order valence-electron chi connectivity index (χ4n) is 1.88. The van der Waals surface area contributed by atoms with E-state index in [9.17, 15) is 0 Å². The Kier molecular flexibility index (Phi) is 4.51. The number of benzene rings is 1. The van der Waals surface area contributed by atoms with Crippen LogP contribution in [0.1, 0.15) is 28.6 Å². The molecule has 0 aliphatic heterocycles. The van der Waals surface area contributed by atoms with Gasteiger partial charge < -0.3 is 9.15 Å². The predicted molar refractivity (Wildman–Crippen MR) is 79.6 cm³/mol. The molecule has 1 unspecified atom stereocenters. The lowest BCUT2D eigenvalue weighted by Crippen LogP contribution is -1.95. The molecule has 4 heteroatoms. The van der Waals surface area contributed by atoms with Crippen LogP contribution >= 0.6 is 31.9 Å². The van der Waals surface area contributed by atoms with Crippen LogP contribution < -0.4 is 4.74 Å². The van der Waals surface area contributed by atoms with Crippen LogP contribution in [0.15, 0.2) is 39.4 Å². The number of halogens is 2. The first kappa shape index (κ1) is 13.7. The molecule has 1 aromatic carbocycles. The molecule has 2 aromatic rings. The lowest BCUT2D eigenvalue weighted by molar-refractivity contribution is 0.412. The highest BCUT2D eigenvalue weighted by Gasteiger charge is 2.17. The molecule has 2 nitrogen and oxygen atoms in total. The zero-order chi connectivity index (χ0) is 13.1. The van der Waals surface area contributed by atoms with E-state index in [1.54, 1.807) is 13.4 Å².